The van der Waals surface area contributed by atoms with Crippen LogP contribution in [-0.2, 0) is 11.8 Å². The number of anilines is 2. The van der Waals surface area contributed by atoms with E-state index in [4.69, 9.17) is 17.2 Å². The quantitative estimate of drug-likeness (QED) is 0.277. The zero-order chi connectivity index (χ0) is 28.1. The molecule has 0 atom stereocenters. The smallest absolute Gasteiger partial charge is 0.296 e. The van der Waals surface area contributed by atoms with Gasteiger partial charge in [0.25, 0.3) is 17.0 Å². The maximum Gasteiger partial charge on any atom is 0.296 e. The van der Waals surface area contributed by atoms with Gasteiger partial charge in [0.2, 0.25) is 0 Å². The van der Waals surface area contributed by atoms with E-state index in [-0.39, 0.29) is 32.1 Å². The molecule has 0 radical (unpaired) electrons. The van der Waals surface area contributed by atoms with Crippen LogP contribution in [0.5, 0.6) is 0 Å². The third-order valence-electron chi connectivity index (χ3n) is 7.60. The molecule has 0 spiro atoms. The van der Waals surface area contributed by atoms with E-state index in [1.807, 2.05) is 43.3 Å². The molecule has 1 amide bonds. The molecule has 2 aliphatic rings. The second-order valence-corrected chi connectivity index (χ2v) is 11.8. The number of aryl methyl sites for hydroxylation is 1. The normalized spacial score (nSPS) is 17.1. The molecule has 9 nitrogen and oxygen atoms in total. The number of hydrogen-bond donors (Lipinski definition) is 1. The van der Waals surface area contributed by atoms with Crippen LogP contribution in [0.2, 0.25) is 0 Å². The number of nitrogens with one attached hydrogen (secondary N) is 1. The molecule has 1 saturated heterocycles. The van der Waals surface area contributed by atoms with E-state index in [1.165, 1.54) is 14.0 Å². The fraction of sp³-hybridized carbons (Fsp3) is 0.276. The van der Waals surface area contributed by atoms with Gasteiger partial charge in [-0.1, -0.05) is 61.1 Å². The third-order valence-corrected chi connectivity index (χ3v) is 8.90. The molecular weight excluding hydrogens is 544 g/mol. The van der Waals surface area contributed by atoms with Gasteiger partial charge in [-0.15, -0.1) is 0 Å². The van der Waals surface area contributed by atoms with E-state index in [2.05, 4.69) is 5.32 Å². The van der Waals surface area contributed by atoms with Crippen LogP contribution < -0.4 is 21.3 Å². The zero-order valence-electron chi connectivity index (χ0n) is 22.4. The summed E-state index contributed by atoms with van der Waals surface area (Å²) in [6.45, 7) is 3.69. The molecule has 2 fully saturated rings. The lowest BCUT2D eigenvalue weighted by Crippen LogP contribution is -2.33. The summed E-state index contributed by atoms with van der Waals surface area (Å²) in [6.07, 6.45) is 7.48. The summed E-state index contributed by atoms with van der Waals surface area (Å²) in [4.78, 5) is 47.5. The van der Waals surface area contributed by atoms with Crippen molar-refractivity contribution in [1.29, 1.82) is 0 Å². The van der Waals surface area contributed by atoms with Crippen molar-refractivity contribution in [2.24, 2.45) is 7.05 Å². The largest absolute Gasteiger partial charge is 0.367 e. The van der Waals surface area contributed by atoms with Crippen LogP contribution >= 0.6 is 24.0 Å². The monoisotopic (exact) mass is 572 g/mol. The molecular formula is C29H28N6O3S2. The van der Waals surface area contributed by atoms with Gasteiger partial charge in [0.1, 0.15) is 17.2 Å². The van der Waals surface area contributed by atoms with E-state index < -0.39 is 5.91 Å². The number of nitrogens with zero attached hydrogens (tertiary/aromatic N) is 5. The molecule has 4 aromatic rings. The Balaban J connectivity index is 1.46. The van der Waals surface area contributed by atoms with Gasteiger partial charge in [-0.2, -0.15) is 0 Å². The minimum atomic E-state index is -0.443. The Labute approximate surface area is 240 Å². The molecule has 204 valence electrons. The highest BCUT2D eigenvalue weighted by atomic mass is 32.2. The first kappa shape index (κ1) is 26.3. The van der Waals surface area contributed by atoms with E-state index in [1.54, 1.807) is 37.0 Å². The van der Waals surface area contributed by atoms with Gasteiger partial charge in [0.05, 0.1) is 21.8 Å². The highest BCUT2D eigenvalue weighted by molar-refractivity contribution is 8.27. The molecule has 11 heteroatoms. The van der Waals surface area contributed by atoms with Gasteiger partial charge in [-0.25, -0.2) is 9.67 Å². The molecule has 1 aliphatic heterocycles. The average Bonchev–Trinajstić information content (AvgIpc) is 3.61. The maximum atomic E-state index is 13.8. The number of thiocarbonyl (C=S) groups is 1. The Morgan fingerprint density at radius 2 is 1.75 bits per heavy atom. The van der Waals surface area contributed by atoms with E-state index in [0.29, 0.717) is 28.4 Å². The van der Waals surface area contributed by atoms with Crippen molar-refractivity contribution < 1.29 is 4.79 Å². The highest BCUT2D eigenvalue weighted by Crippen LogP contribution is 2.37. The number of aromatic nitrogens is 4. The molecule has 3 aromatic heterocycles. The van der Waals surface area contributed by atoms with Crippen LogP contribution in [-0.4, -0.2) is 35.0 Å². The van der Waals surface area contributed by atoms with Gasteiger partial charge in [-0.05, 0) is 56.5 Å². The third kappa shape index (κ3) is 4.29. The highest BCUT2D eigenvalue weighted by Gasteiger charge is 2.38. The number of rotatable bonds is 5. The molecule has 4 heterocycles. The summed E-state index contributed by atoms with van der Waals surface area (Å²) in [6, 6.07) is 13.2. The molecule has 6 rings (SSSR count). The van der Waals surface area contributed by atoms with Crippen molar-refractivity contribution >= 4 is 57.4 Å². The number of amides is 1. The summed E-state index contributed by atoms with van der Waals surface area (Å²) in [5.74, 6) is 0.0142. The van der Waals surface area contributed by atoms with Crippen LogP contribution in [0.15, 0.2) is 63.2 Å². The van der Waals surface area contributed by atoms with Gasteiger partial charge in [0, 0.05) is 19.3 Å². The molecule has 40 heavy (non-hydrogen) atoms. The molecule has 1 aliphatic carbocycles. The average molecular weight is 573 g/mol. The van der Waals surface area contributed by atoms with Crippen molar-refractivity contribution in [3.05, 3.63) is 91.1 Å². The molecule has 0 bridgehead atoms. The first-order chi connectivity index (χ1) is 19.3. The van der Waals surface area contributed by atoms with Crippen LogP contribution in [0.3, 0.4) is 0 Å². The second kappa shape index (κ2) is 10.2. The lowest BCUT2D eigenvalue weighted by Gasteiger charge is -2.16. The van der Waals surface area contributed by atoms with Gasteiger partial charge >= 0.3 is 0 Å². The number of thioether (sulfide) groups is 1. The van der Waals surface area contributed by atoms with Crippen molar-refractivity contribution in [1.82, 2.24) is 18.7 Å². The predicted octanol–water partition coefficient (Wildman–Crippen LogP) is 4.56. The van der Waals surface area contributed by atoms with E-state index in [9.17, 15) is 14.4 Å². The summed E-state index contributed by atoms with van der Waals surface area (Å²) in [7, 11) is 1.77. The van der Waals surface area contributed by atoms with Crippen LogP contribution in [0.1, 0.15) is 42.5 Å². The van der Waals surface area contributed by atoms with Gasteiger partial charge in [-0.3, -0.25) is 28.4 Å². The number of pyridine rings is 1. The molecule has 1 N–H and O–H groups in total. The van der Waals surface area contributed by atoms with Crippen LogP contribution in [0.4, 0.5) is 11.5 Å². The Bertz CT molecular complexity index is 1830. The van der Waals surface area contributed by atoms with Crippen molar-refractivity contribution in [2.75, 3.05) is 10.2 Å². The fourth-order valence-corrected chi connectivity index (χ4v) is 6.67. The number of fused-ring (bicyclic) bond motifs is 1. The summed E-state index contributed by atoms with van der Waals surface area (Å²) in [5, 5.41) is 3.47. The van der Waals surface area contributed by atoms with Gasteiger partial charge < -0.3 is 5.32 Å². The zero-order valence-corrected chi connectivity index (χ0v) is 24.0. The Morgan fingerprint density at radius 3 is 2.48 bits per heavy atom. The Morgan fingerprint density at radius 1 is 1.02 bits per heavy atom. The van der Waals surface area contributed by atoms with Crippen LogP contribution in [0, 0.1) is 13.8 Å². The number of carbonyl (C=O) groups is 1. The lowest BCUT2D eigenvalue weighted by molar-refractivity contribution is -0.113. The Hall–Kier alpha value is -3.96. The van der Waals surface area contributed by atoms with E-state index >= 15 is 0 Å². The minimum absolute atomic E-state index is 0.200. The number of carbonyl (C=O) groups excluding carboxylic acids is 1. The van der Waals surface area contributed by atoms with Crippen molar-refractivity contribution in [2.45, 2.75) is 45.6 Å². The Kier molecular flexibility index (Phi) is 6.71. The number of hydrogen-bond acceptors (Lipinski definition) is 7. The molecule has 1 aromatic carbocycles. The summed E-state index contributed by atoms with van der Waals surface area (Å²) >= 11 is 6.69. The molecule has 0 unspecified atom stereocenters. The maximum absolute atomic E-state index is 13.8. The SMILES string of the molecule is Cc1cccn2c(=O)c(C=C3SC(=S)N(c4c(C)n(C)n(-c5ccccc5)c4=O)C3=O)c(NC3CCCC3)nc12. The molecule has 1 saturated carbocycles. The summed E-state index contributed by atoms with van der Waals surface area (Å²) in [5.41, 5.74) is 2.58. The topological polar surface area (TPSA) is 93.6 Å². The minimum Gasteiger partial charge on any atom is -0.367 e. The van der Waals surface area contributed by atoms with E-state index in [0.717, 1.165) is 43.0 Å². The number of para-hydroxylation sites is 1. The summed E-state index contributed by atoms with van der Waals surface area (Å²) < 4.78 is 4.96. The lowest BCUT2D eigenvalue weighted by atomic mass is 10.2. The number of benzene rings is 1. The first-order valence-electron chi connectivity index (χ1n) is 13.2. The standard InChI is InChI=1S/C29H28N6O3S2/c1-17-10-9-15-33-25(17)31-24(30-19-11-7-8-12-19)21(26(33)36)16-22-27(37)34(29(39)40-22)23-18(2)32(3)35(28(23)38)20-13-5-4-6-14-20/h4-6,9-10,13-16,19,30H,7-8,11-12H2,1-3H3. The predicted molar refractivity (Wildman–Crippen MR) is 163 cm³/mol. The first-order valence-corrected chi connectivity index (χ1v) is 14.4. The fourth-order valence-electron chi connectivity index (χ4n) is 5.42. The second-order valence-electron chi connectivity index (χ2n) is 10.1. The van der Waals surface area contributed by atoms with Crippen LogP contribution in [0.25, 0.3) is 17.4 Å². The van der Waals surface area contributed by atoms with Crippen molar-refractivity contribution in [3.63, 3.8) is 0 Å². The van der Waals surface area contributed by atoms with Gasteiger partial charge in [0.15, 0.2) is 4.32 Å². The van der Waals surface area contributed by atoms with Crippen molar-refractivity contribution in [3.8, 4) is 5.69 Å².